The van der Waals surface area contributed by atoms with Gasteiger partial charge in [0.2, 0.25) is 0 Å². The average molecular weight is 274 g/mol. The van der Waals surface area contributed by atoms with E-state index >= 15 is 0 Å². The maximum Gasteiger partial charge on any atom is 0.267 e. The summed E-state index contributed by atoms with van der Waals surface area (Å²) in [5.41, 5.74) is 12.7. The molecule has 0 aliphatic carbocycles. The van der Waals surface area contributed by atoms with Crippen LogP contribution in [0.4, 0.5) is 11.5 Å². The molecule has 1 atom stereocenters. The molecule has 2 aromatic rings. The molecule has 0 fully saturated rings. The normalized spacial score (nSPS) is 12.2. The quantitative estimate of drug-likeness (QED) is 0.791. The Morgan fingerprint density at radius 3 is 2.65 bits per heavy atom. The highest BCUT2D eigenvalue weighted by Crippen LogP contribution is 2.26. The molecule has 2 aromatic heterocycles. The van der Waals surface area contributed by atoms with Crippen molar-refractivity contribution in [2.75, 3.05) is 11.1 Å². The first kappa shape index (κ1) is 13.9. The number of hydrogen-bond donors (Lipinski definition) is 3. The average Bonchev–Trinajstić information content (AvgIpc) is 2.71. The number of aryl methyl sites for hydroxylation is 2. The zero-order valence-corrected chi connectivity index (χ0v) is 11.7. The van der Waals surface area contributed by atoms with Gasteiger partial charge in [0.1, 0.15) is 17.2 Å². The zero-order valence-electron chi connectivity index (χ0n) is 11.7. The van der Waals surface area contributed by atoms with Crippen LogP contribution >= 0.6 is 0 Å². The maximum absolute atomic E-state index is 11.2. The molecule has 0 aromatic carbocycles. The number of anilines is 2. The fourth-order valence-corrected chi connectivity index (χ4v) is 2.09. The van der Waals surface area contributed by atoms with E-state index in [4.69, 9.17) is 15.9 Å². The van der Waals surface area contributed by atoms with Gasteiger partial charge in [-0.15, -0.1) is 0 Å². The van der Waals surface area contributed by atoms with Crippen LogP contribution in [-0.4, -0.2) is 10.9 Å². The highest BCUT2D eigenvalue weighted by atomic mass is 16.3. The van der Waals surface area contributed by atoms with Gasteiger partial charge < -0.3 is 21.2 Å². The minimum absolute atomic E-state index is 0.0506. The summed E-state index contributed by atoms with van der Waals surface area (Å²) in [6.45, 7) is 5.76. The second kappa shape index (κ2) is 5.24. The molecule has 1 unspecified atom stereocenters. The Morgan fingerprint density at radius 1 is 1.40 bits per heavy atom. The van der Waals surface area contributed by atoms with Crippen LogP contribution in [0.3, 0.4) is 0 Å². The van der Waals surface area contributed by atoms with Crippen molar-refractivity contribution in [3.8, 4) is 0 Å². The number of nitrogens with one attached hydrogen (secondary N) is 1. The number of aromatic nitrogens is 1. The van der Waals surface area contributed by atoms with Gasteiger partial charge in [0.05, 0.1) is 11.7 Å². The summed E-state index contributed by atoms with van der Waals surface area (Å²) < 4.78 is 5.50. The van der Waals surface area contributed by atoms with E-state index in [2.05, 4.69) is 10.3 Å². The predicted octanol–water partition coefficient (Wildman–Crippen LogP) is 2.15. The number of rotatable bonds is 4. The van der Waals surface area contributed by atoms with Gasteiger partial charge in [0.25, 0.3) is 5.91 Å². The van der Waals surface area contributed by atoms with E-state index in [0.29, 0.717) is 11.5 Å². The minimum Gasteiger partial charge on any atom is -0.466 e. The first-order valence-electron chi connectivity index (χ1n) is 6.28. The molecule has 2 rings (SSSR count). The van der Waals surface area contributed by atoms with Gasteiger partial charge in [-0.2, -0.15) is 0 Å². The number of amides is 1. The fraction of sp³-hybridized carbons (Fsp3) is 0.286. The number of furan rings is 1. The van der Waals surface area contributed by atoms with E-state index in [-0.39, 0.29) is 11.7 Å². The van der Waals surface area contributed by atoms with Crippen molar-refractivity contribution in [1.82, 2.24) is 4.98 Å². The minimum atomic E-state index is -0.587. The Bertz CT molecular complexity index is 649. The molecule has 106 valence electrons. The molecule has 0 aliphatic rings. The van der Waals surface area contributed by atoms with Crippen LogP contribution in [0.15, 0.2) is 22.6 Å². The van der Waals surface area contributed by atoms with Gasteiger partial charge in [0.15, 0.2) is 5.82 Å². The van der Waals surface area contributed by atoms with Gasteiger partial charge in [-0.3, -0.25) is 4.79 Å². The van der Waals surface area contributed by atoms with Gasteiger partial charge in [-0.25, -0.2) is 4.98 Å². The summed E-state index contributed by atoms with van der Waals surface area (Å²) >= 11 is 0. The molecule has 5 N–H and O–H groups in total. The van der Waals surface area contributed by atoms with Crippen LogP contribution in [0.25, 0.3) is 0 Å². The largest absolute Gasteiger partial charge is 0.466 e. The first-order valence-corrected chi connectivity index (χ1v) is 6.28. The van der Waals surface area contributed by atoms with Crippen molar-refractivity contribution < 1.29 is 9.21 Å². The molecular weight excluding hydrogens is 256 g/mol. The third kappa shape index (κ3) is 2.74. The van der Waals surface area contributed by atoms with Crippen LogP contribution in [0.1, 0.15) is 40.5 Å². The smallest absolute Gasteiger partial charge is 0.267 e. The summed E-state index contributed by atoms with van der Waals surface area (Å²) in [6.07, 6.45) is 0. The standard InChI is InChI=1S/C14H18N4O2/c1-7-6-10(9(3)20-7)8(2)17-14-11(15)4-5-12(18-14)13(16)19/h4-6,8H,15H2,1-3H3,(H2,16,19)(H,17,18). The number of primary amides is 1. The molecule has 1 amide bonds. The maximum atomic E-state index is 11.2. The Balaban J connectivity index is 2.27. The molecule has 6 heteroatoms. The molecular formula is C14H18N4O2. The molecule has 2 heterocycles. The number of carbonyl (C=O) groups excluding carboxylic acids is 1. The number of nitrogen functional groups attached to an aromatic ring is 1. The van der Waals surface area contributed by atoms with Crippen LogP contribution in [0.5, 0.6) is 0 Å². The highest BCUT2D eigenvalue weighted by Gasteiger charge is 2.15. The Kier molecular flexibility index (Phi) is 3.65. The Morgan fingerprint density at radius 2 is 2.10 bits per heavy atom. The topological polar surface area (TPSA) is 107 Å². The monoisotopic (exact) mass is 274 g/mol. The lowest BCUT2D eigenvalue weighted by Crippen LogP contribution is -2.16. The van der Waals surface area contributed by atoms with Gasteiger partial charge >= 0.3 is 0 Å². The van der Waals surface area contributed by atoms with E-state index in [9.17, 15) is 4.79 Å². The fourth-order valence-electron chi connectivity index (χ4n) is 2.09. The SMILES string of the molecule is Cc1cc(C(C)Nc2nc(C(N)=O)ccc2N)c(C)o1. The van der Waals surface area contributed by atoms with Crippen molar-refractivity contribution in [3.63, 3.8) is 0 Å². The Labute approximate surface area is 117 Å². The molecule has 20 heavy (non-hydrogen) atoms. The van der Waals surface area contributed by atoms with Crippen LogP contribution in [-0.2, 0) is 0 Å². The molecule has 0 radical (unpaired) electrons. The summed E-state index contributed by atoms with van der Waals surface area (Å²) in [5.74, 6) is 1.54. The molecule has 0 bridgehead atoms. The van der Waals surface area contributed by atoms with Crippen molar-refractivity contribution in [2.45, 2.75) is 26.8 Å². The summed E-state index contributed by atoms with van der Waals surface area (Å²) in [7, 11) is 0. The third-order valence-corrected chi connectivity index (χ3v) is 3.08. The molecule has 6 nitrogen and oxygen atoms in total. The number of nitrogens with two attached hydrogens (primary N) is 2. The summed E-state index contributed by atoms with van der Waals surface area (Å²) in [5, 5.41) is 3.17. The van der Waals surface area contributed by atoms with E-state index in [1.54, 1.807) is 6.07 Å². The highest BCUT2D eigenvalue weighted by molar-refractivity contribution is 5.91. The summed E-state index contributed by atoms with van der Waals surface area (Å²) in [4.78, 5) is 15.3. The van der Waals surface area contributed by atoms with Crippen molar-refractivity contribution >= 4 is 17.4 Å². The third-order valence-electron chi connectivity index (χ3n) is 3.08. The van der Waals surface area contributed by atoms with E-state index < -0.39 is 5.91 Å². The van der Waals surface area contributed by atoms with Crippen molar-refractivity contribution in [3.05, 3.63) is 41.0 Å². The zero-order chi connectivity index (χ0) is 14.9. The van der Waals surface area contributed by atoms with Crippen molar-refractivity contribution in [2.24, 2.45) is 5.73 Å². The first-order chi connectivity index (χ1) is 9.38. The van der Waals surface area contributed by atoms with Crippen LogP contribution in [0, 0.1) is 13.8 Å². The van der Waals surface area contributed by atoms with Crippen LogP contribution < -0.4 is 16.8 Å². The van der Waals surface area contributed by atoms with Gasteiger partial charge in [0, 0.05) is 5.56 Å². The summed E-state index contributed by atoms with van der Waals surface area (Å²) in [6, 6.07) is 5.02. The lowest BCUT2D eigenvalue weighted by Gasteiger charge is -2.15. The van der Waals surface area contributed by atoms with E-state index in [1.807, 2.05) is 26.8 Å². The van der Waals surface area contributed by atoms with E-state index in [0.717, 1.165) is 17.1 Å². The second-order valence-corrected chi connectivity index (χ2v) is 4.73. The molecule has 0 aliphatic heterocycles. The molecule has 0 spiro atoms. The second-order valence-electron chi connectivity index (χ2n) is 4.73. The predicted molar refractivity (Wildman–Crippen MR) is 77.4 cm³/mol. The Hall–Kier alpha value is -2.50. The molecule has 0 saturated heterocycles. The van der Waals surface area contributed by atoms with Crippen molar-refractivity contribution in [1.29, 1.82) is 0 Å². The lowest BCUT2D eigenvalue weighted by atomic mass is 10.1. The van der Waals surface area contributed by atoms with Gasteiger partial charge in [-0.05, 0) is 39.0 Å². The number of pyridine rings is 1. The lowest BCUT2D eigenvalue weighted by molar-refractivity contribution is 0.0995. The van der Waals surface area contributed by atoms with Gasteiger partial charge in [-0.1, -0.05) is 0 Å². The molecule has 0 saturated carbocycles. The number of hydrogen-bond acceptors (Lipinski definition) is 5. The number of carbonyl (C=O) groups is 1. The van der Waals surface area contributed by atoms with Crippen LogP contribution in [0.2, 0.25) is 0 Å². The van der Waals surface area contributed by atoms with E-state index in [1.165, 1.54) is 6.07 Å². The number of nitrogens with zero attached hydrogens (tertiary/aromatic N) is 1.